The lowest BCUT2D eigenvalue weighted by Gasteiger charge is -2.28. The second kappa shape index (κ2) is 5.52. The Balaban J connectivity index is 3.87. The van der Waals surface area contributed by atoms with E-state index in [0.29, 0.717) is 12.0 Å². The molecule has 2 unspecified atom stereocenters. The first-order valence-corrected chi connectivity index (χ1v) is 4.25. The fourth-order valence-corrected chi connectivity index (χ4v) is 1.23. The molecule has 0 rings (SSSR count). The van der Waals surface area contributed by atoms with E-state index >= 15 is 0 Å². The van der Waals surface area contributed by atoms with E-state index in [2.05, 4.69) is 19.2 Å². The van der Waals surface area contributed by atoms with Gasteiger partial charge in [-0.15, -0.1) is 0 Å². The highest BCUT2D eigenvalue weighted by Crippen LogP contribution is 2.09. The standard InChI is InChI=1S/C8H21N3/c1-5-7(2)8(6-10-3)11(4)9/h7-8,10H,5-6,9H2,1-4H3. The normalized spacial score (nSPS) is 16.9. The maximum absolute atomic E-state index is 5.69. The maximum atomic E-state index is 5.69. The van der Waals surface area contributed by atoms with Crippen molar-refractivity contribution in [3.05, 3.63) is 0 Å². The van der Waals surface area contributed by atoms with Gasteiger partial charge in [0.05, 0.1) is 0 Å². The fraction of sp³-hybridized carbons (Fsp3) is 1.00. The SMILES string of the molecule is CCC(C)C(CNC)N(C)N. The van der Waals surface area contributed by atoms with Gasteiger partial charge >= 0.3 is 0 Å². The van der Waals surface area contributed by atoms with Gasteiger partial charge in [-0.1, -0.05) is 20.3 Å². The molecular formula is C8H21N3. The Morgan fingerprint density at radius 1 is 1.55 bits per heavy atom. The number of hydrogen-bond donors (Lipinski definition) is 2. The van der Waals surface area contributed by atoms with Crippen molar-refractivity contribution in [3.8, 4) is 0 Å². The highest BCUT2D eigenvalue weighted by molar-refractivity contribution is 4.72. The van der Waals surface area contributed by atoms with Crippen LogP contribution in [0, 0.1) is 5.92 Å². The minimum absolute atomic E-state index is 0.449. The van der Waals surface area contributed by atoms with Gasteiger partial charge in [0.25, 0.3) is 0 Å². The zero-order valence-corrected chi connectivity index (χ0v) is 8.09. The summed E-state index contributed by atoms with van der Waals surface area (Å²) in [5, 5.41) is 4.94. The van der Waals surface area contributed by atoms with E-state index in [1.54, 1.807) is 5.01 Å². The summed E-state index contributed by atoms with van der Waals surface area (Å²) in [5.74, 6) is 6.34. The molecule has 0 saturated heterocycles. The summed E-state index contributed by atoms with van der Waals surface area (Å²) < 4.78 is 0. The van der Waals surface area contributed by atoms with E-state index in [9.17, 15) is 0 Å². The lowest BCUT2D eigenvalue weighted by molar-refractivity contribution is 0.181. The van der Waals surface area contributed by atoms with Crippen molar-refractivity contribution in [2.45, 2.75) is 26.3 Å². The van der Waals surface area contributed by atoms with Gasteiger partial charge in [-0.2, -0.15) is 0 Å². The van der Waals surface area contributed by atoms with Gasteiger partial charge in [0, 0.05) is 19.6 Å². The summed E-state index contributed by atoms with van der Waals surface area (Å²) in [7, 11) is 3.88. The Bertz CT molecular complexity index is 93.3. The molecule has 0 aliphatic heterocycles. The van der Waals surface area contributed by atoms with E-state index in [1.807, 2.05) is 14.1 Å². The number of likely N-dealkylation sites (N-methyl/N-ethyl adjacent to an activating group) is 2. The zero-order chi connectivity index (χ0) is 8.85. The van der Waals surface area contributed by atoms with E-state index < -0.39 is 0 Å². The van der Waals surface area contributed by atoms with E-state index in [0.717, 1.165) is 6.54 Å². The van der Waals surface area contributed by atoms with Crippen LogP contribution in [-0.4, -0.2) is 31.7 Å². The van der Waals surface area contributed by atoms with Crippen LogP contribution in [0.3, 0.4) is 0 Å². The molecule has 3 nitrogen and oxygen atoms in total. The van der Waals surface area contributed by atoms with Gasteiger partial charge in [-0.25, -0.2) is 5.01 Å². The summed E-state index contributed by atoms with van der Waals surface area (Å²) in [6, 6.07) is 0.449. The van der Waals surface area contributed by atoms with Crippen molar-refractivity contribution in [1.82, 2.24) is 10.3 Å². The molecule has 0 amide bonds. The Hall–Kier alpha value is -0.120. The van der Waals surface area contributed by atoms with Crippen LogP contribution in [0.2, 0.25) is 0 Å². The van der Waals surface area contributed by atoms with E-state index in [-0.39, 0.29) is 0 Å². The van der Waals surface area contributed by atoms with Crippen LogP contribution in [0.4, 0.5) is 0 Å². The van der Waals surface area contributed by atoms with Crippen molar-refractivity contribution in [1.29, 1.82) is 0 Å². The first kappa shape index (κ1) is 10.9. The third-order valence-corrected chi connectivity index (χ3v) is 2.24. The van der Waals surface area contributed by atoms with E-state index in [1.165, 1.54) is 6.42 Å². The maximum Gasteiger partial charge on any atom is 0.0388 e. The quantitative estimate of drug-likeness (QED) is 0.451. The molecule has 11 heavy (non-hydrogen) atoms. The predicted octanol–water partition coefficient (Wildman–Crippen LogP) is 0.426. The first-order chi connectivity index (χ1) is 5.13. The Morgan fingerprint density at radius 2 is 2.09 bits per heavy atom. The lowest BCUT2D eigenvalue weighted by Crippen LogP contribution is -2.47. The number of nitrogens with one attached hydrogen (secondary N) is 1. The second-order valence-corrected chi connectivity index (χ2v) is 3.18. The third-order valence-electron chi connectivity index (χ3n) is 2.24. The van der Waals surface area contributed by atoms with Gasteiger partial charge in [0.2, 0.25) is 0 Å². The molecule has 68 valence electrons. The summed E-state index contributed by atoms with van der Waals surface area (Å²) in [4.78, 5) is 0. The van der Waals surface area contributed by atoms with Crippen molar-refractivity contribution >= 4 is 0 Å². The van der Waals surface area contributed by atoms with Crippen molar-refractivity contribution in [2.75, 3.05) is 20.6 Å². The van der Waals surface area contributed by atoms with Crippen LogP contribution in [0.5, 0.6) is 0 Å². The van der Waals surface area contributed by atoms with E-state index in [4.69, 9.17) is 5.84 Å². The average Bonchev–Trinajstić information content (AvgIpc) is 1.98. The molecule has 0 aliphatic rings. The largest absolute Gasteiger partial charge is 0.318 e. The Labute approximate surface area is 69.9 Å². The number of nitrogens with zero attached hydrogens (tertiary/aromatic N) is 1. The topological polar surface area (TPSA) is 41.3 Å². The summed E-state index contributed by atoms with van der Waals surface area (Å²) in [6.45, 7) is 5.38. The van der Waals surface area contributed by atoms with Gasteiger partial charge in [-0.3, -0.25) is 5.84 Å². The molecule has 0 bridgehead atoms. The molecule has 3 N–H and O–H groups in total. The zero-order valence-electron chi connectivity index (χ0n) is 8.09. The molecule has 0 saturated carbocycles. The summed E-state index contributed by atoms with van der Waals surface area (Å²) >= 11 is 0. The van der Waals surface area contributed by atoms with Crippen molar-refractivity contribution in [3.63, 3.8) is 0 Å². The lowest BCUT2D eigenvalue weighted by atomic mass is 9.99. The minimum atomic E-state index is 0.449. The highest BCUT2D eigenvalue weighted by Gasteiger charge is 2.16. The monoisotopic (exact) mass is 159 g/mol. The predicted molar refractivity (Wildman–Crippen MR) is 49.1 cm³/mol. The number of hydrogen-bond acceptors (Lipinski definition) is 3. The van der Waals surface area contributed by atoms with Crippen molar-refractivity contribution in [2.24, 2.45) is 11.8 Å². The van der Waals surface area contributed by atoms with Crippen LogP contribution >= 0.6 is 0 Å². The molecule has 0 fully saturated rings. The molecule has 0 aromatic rings. The number of nitrogens with two attached hydrogens (primary N) is 1. The summed E-state index contributed by atoms with van der Waals surface area (Å²) in [5.41, 5.74) is 0. The Morgan fingerprint density at radius 3 is 2.36 bits per heavy atom. The molecule has 2 atom stereocenters. The van der Waals surface area contributed by atoms with Crippen LogP contribution in [0.15, 0.2) is 0 Å². The fourth-order valence-electron chi connectivity index (χ4n) is 1.23. The van der Waals surface area contributed by atoms with Crippen molar-refractivity contribution < 1.29 is 0 Å². The molecule has 0 aliphatic carbocycles. The smallest absolute Gasteiger partial charge is 0.0388 e. The first-order valence-electron chi connectivity index (χ1n) is 4.25. The minimum Gasteiger partial charge on any atom is -0.318 e. The molecule has 0 aromatic heterocycles. The molecule has 0 spiro atoms. The van der Waals surface area contributed by atoms with Gasteiger partial charge in [-0.05, 0) is 13.0 Å². The Kier molecular flexibility index (Phi) is 5.46. The summed E-state index contributed by atoms with van der Waals surface area (Å²) in [6.07, 6.45) is 1.17. The van der Waals surface area contributed by atoms with Gasteiger partial charge in [0.1, 0.15) is 0 Å². The molecule has 0 aromatic carbocycles. The van der Waals surface area contributed by atoms with Crippen LogP contribution in [0.1, 0.15) is 20.3 Å². The number of rotatable bonds is 5. The third kappa shape index (κ3) is 3.70. The molecule has 0 radical (unpaired) electrons. The van der Waals surface area contributed by atoms with Gasteiger partial charge < -0.3 is 5.32 Å². The van der Waals surface area contributed by atoms with Crippen LogP contribution in [-0.2, 0) is 0 Å². The van der Waals surface area contributed by atoms with Crippen LogP contribution < -0.4 is 11.2 Å². The number of hydrazine groups is 1. The van der Waals surface area contributed by atoms with Crippen LogP contribution in [0.25, 0.3) is 0 Å². The average molecular weight is 159 g/mol. The second-order valence-electron chi connectivity index (χ2n) is 3.18. The molecule has 0 heterocycles. The van der Waals surface area contributed by atoms with Gasteiger partial charge in [0.15, 0.2) is 0 Å². The highest BCUT2D eigenvalue weighted by atomic mass is 15.4. The molecule has 3 heteroatoms. The molecular weight excluding hydrogens is 138 g/mol.